The largest absolute Gasteiger partial charge is 0.340 e. The van der Waals surface area contributed by atoms with E-state index in [0.717, 1.165) is 30.8 Å². The molecule has 18 heavy (non-hydrogen) atoms. The average molecular weight is 243 g/mol. The normalized spacial score (nSPS) is 10.3. The lowest BCUT2D eigenvalue weighted by molar-refractivity contribution is 0.782. The Morgan fingerprint density at radius 3 is 2.67 bits per heavy atom. The molecule has 0 bridgehead atoms. The lowest BCUT2D eigenvalue weighted by Gasteiger charge is -2.24. The Bertz CT molecular complexity index is 536. The molecule has 2 rings (SSSR count). The Hall–Kier alpha value is -2.10. The molecule has 1 N–H and O–H groups in total. The third-order valence-electron chi connectivity index (χ3n) is 2.77. The number of unbranched alkanes of at least 4 members (excludes halogenated alkanes) is 1. The van der Waals surface area contributed by atoms with Crippen molar-refractivity contribution in [2.45, 2.75) is 19.8 Å². The van der Waals surface area contributed by atoms with Crippen molar-refractivity contribution >= 4 is 11.4 Å². The fourth-order valence-electron chi connectivity index (χ4n) is 1.84. The summed E-state index contributed by atoms with van der Waals surface area (Å²) in [6.45, 7) is 3.03. The lowest BCUT2D eigenvalue weighted by atomic mass is 10.2. The quantitative estimate of drug-likeness (QED) is 0.878. The van der Waals surface area contributed by atoms with Gasteiger partial charge in [0.1, 0.15) is 0 Å². The van der Waals surface area contributed by atoms with Crippen molar-refractivity contribution in [3.05, 3.63) is 52.9 Å². The van der Waals surface area contributed by atoms with E-state index in [0.29, 0.717) is 0 Å². The van der Waals surface area contributed by atoms with Gasteiger partial charge in [-0.1, -0.05) is 31.5 Å². The van der Waals surface area contributed by atoms with Gasteiger partial charge in [0.15, 0.2) is 0 Å². The predicted molar refractivity (Wildman–Crippen MR) is 73.2 cm³/mol. The molecule has 0 saturated heterocycles. The monoisotopic (exact) mass is 243 g/mol. The maximum Gasteiger partial charge on any atom is 0.266 e. The number of H-pyrrole nitrogens is 1. The molecule has 94 valence electrons. The van der Waals surface area contributed by atoms with Crippen molar-refractivity contribution in [1.29, 1.82) is 0 Å². The zero-order valence-corrected chi connectivity index (χ0v) is 10.5. The molecule has 4 nitrogen and oxygen atoms in total. The summed E-state index contributed by atoms with van der Waals surface area (Å²) in [7, 11) is 0. The van der Waals surface area contributed by atoms with Gasteiger partial charge in [0.2, 0.25) is 0 Å². The number of para-hydroxylation sites is 1. The van der Waals surface area contributed by atoms with Crippen molar-refractivity contribution in [2.75, 3.05) is 11.4 Å². The van der Waals surface area contributed by atoms with Gasteiger partial charge >= 0.3 is 0 Å². The molecular weight excluding hydrogens is 226 g/mol. The molecule has 0 saturated carbocycles. The van der Waals surface area contributed by atoms with E-state index in [1.807, 2.05) is 30.3 Å². The van der Waals surface area contributed by atoms with Crippen LogP contribution in [0.2, 0.25) is 0 Å². The SMILES string of the molecule is CCCCN(c1ccccc1)c1cn[nH]c(=O)c1. The molecule has 1 aromatic heterocycles. The standard InChI is InChI=1S/C14H17N3O/c1-2-3-9-17(12-7-5-4-6-8-12)13-10-14(18)16-15-11-13/h4-8,10-11H,2-3,9H2,1H3,(H,16,18). The summed E-state index contributed by atoms with van der Waals surface area (Å²) in [4.78, 5) is 13.5. The van der Waals surface area contributed by atoms with E-state index in [4.69, 9.17) is 0 Å². The summed E-state index contributed by atoms with van der Waals surface area (Å²) in [5.41, 5.74) is 1.74. The summed E-state index contributed by atoms with van der Waals surface area (Å²) in [6, 6.07) is 11.6. The van der Waals surface area contributed by atoms with Gasteiger partial charge in [-0.25, -0.2) is 5.10 Å². The maximum atomic E-state index is 11.4. The molecule has 0 amide bonds. The van der Waals surface area contributed by atoms with E-state index in [2.05, 4.69) is 22.0 Å². The van der Waals surface area contributed by atoms with Gasteiger partial charge in [0, 0.05) is 18.3 Å². The molecule has 0 spiro atoms. The summed E-state index contributed by atoms with van der Waals surface area (Å²) in [5, 5.41) is 6.26. The lowest BCUT2D eigenvalue weighted by Crippen LogP contribution is -2.20. The van der Waals surface area contributed by atoms with E-state index in [1.54, 1.807) is 12.3 Å². The molecular formula is C14H17N3O. The molecule has 2 aromatic rings. The molecule has 0 aliphatic rings. The van der Waals surface area contributed by atoms with Gasteiger partial charge in [-0.15, -0.1) is 0 Å². The summed E-state index contributed by atoms with van der Waals surface area (Å²) >= 11 is 0. The Balaban J connectivity index is 2.33. The first-order valence-electron chi connectivity index (χ1n) is 6.18. The van der Waals surface area contributed by atoms with Crippen LogP contribution in [0, 0.1) is 0 Å². The first-order valence-corrected chi connectivity index (χ1v) is 6.18. The Morgan fingerprint density at radius 1 is 1.22 bits per heavy atom. The minimum atomic E-state index is -0.176. The van der Waals surface area contributed by atoms with E-state index in [9.17, 15) is 4.79 Å². The smallest absolute Gasteiger partial charge is 0.266 e. The summed E-state index contributed by atoms with van der Waals surface area (Å²) < 4.78 is 0. The average Bonchev–Trinajstić information content (AvgIpc) is 2.40. The van der Waals surface area contributed by atoms with Gasteiger partial charge in [-0.05, 0) is 18.6 Å². The number of aromatic nitrogens is 2. The fourth-order valence-corrected chi connectivity index (χ4v) is 1.84. The van der Waals surface area contributed by atoms with E-state index < -0.39 is 0 Å². The van der Waals surface area contributed by atoms with E-state index >= 15 is 0 Å². The first kappa shape index (κ1) is 12.4. The molecule has 0 aliphatic carbocycles. The van der Waals surface area contributed by atoms with Gasteiger partial charge in [-0.2, -0.15) is 5.10 Å². The predicted octanol–water partition coefficient (Wildman–Crippen LogP) is 2.71. The number of anilines is 2. The van der Waals surface area contributed by atoms with E-state index in [1.165, 1.54) is 0 Å². The molecule has 0 fully saturated rings. The van der Waals surface area contributed by atoms with Crippen LogP contribution in [0.25, 0.3) is 0 Å². The molecule has 0 atom stereocenters. The highest BCUT2D eigenvalue weighted by molar-refractivity contribution is 5.61. The van der Waals surface area contributed by atoms with Crippen LogP contribution in [0.1, 0.15) is 19.8 Å². The van der Waals surface area contributed by atoms with Crippen molar-refractivity contribution in [3.63, 3.8) is 0 Å². The van der Waals surface area contributed by atoms with Gasteiger partial charge in [0.25, 0.3) is 5.56 Å². The molecule has 1 aromatic carbocycles. The summed E-state index contributed by atoms with van der Waals surface area (Å²) in [5.74, 6) is 0. The van der Waals surface area contributed by atoms with Crippen LogP contribution in [0.3, 0.4) is 0 Å². The number of nitrogens with zero attached hydrogens (tertiary/aromatic N) is 2. The van der Waals surface area contributed by atoms with Gasteiger partial charge in [-0.3, -0.25) is 4.79 Å². The van der Waals surface area contributed by atoms with Crippen LogP contribution in [-0.2, 0) is 0 Å². The molecule has 0 radical (unpaired) electrons. The van der Waals surface area contributed by atoms with Crippen molar-refractivity contribution in [1.82, 2.24) is 10.2 Å². The Morgan fingerprint density at radius 2 is 2.00 bits per heavy atom. The fraction of sp³-hybridized carbons (Fsp3) is 0.286. The summed E-state index contributed by atoms with van der Waals surface area (Å²) in [6.07, 6.45) is 3.87. The van der Waals surface area contributed by atoms with Gasteiger partial charge < -0.3 is 4.90 Å². The highest BCUT2D eigenvalue weighted by Gasteiger charge is 2.09. The third kappa shape index (κ3) is 2.97. The first-order chi connectivity index (χ1) is 8.81. The zero-order valence-electron chi connectivity index (χ0n) is 10.5. The second-order valence-corrected chi connectivity index (χ2v) is 4.14. The van der Waals surface area contributed by atoms with Crippen molar-refractivity contribution in [3.8, 4) is 0 Å². The highest BCUT2D eigenvalue weighted by atomic mass is 16.1. The minimum Gasteiger partial charge on any atom is -0.340 e. The van der Waals surface area contributed by atoms with Crippen LogP contribution < -0.4 is 10.5 Å². The second kappa shape index (κ2) is 6.00. The van der Waals surface area contributed by atoms with Crippen LogP contribution in [0.4, 0.5) is 11.4 Å². The topological polar surface area (TPSA) is 49.0 Å². The van der Waals surface area contributed by atoms with E-state index in [-0.39, 0.29) is 5.56 Å². The minimum absolute atomic E-state index is 0.176. The Kier molecular flexibility index (Phi) is 4.12. The third-order valence-corrected chi connectivity index (χ3v) is 2.77. The molecule has 0 unspecified atom stereocenters. The van der Waals surface area contributed by atoms with Gasteiger partial charge in [0.05, 0.1) is 11.9 Å². The van der Waals surface area contributed by atoms with Crippen molar-refractivity contribution < 1.29 is 0 Å². The molecule has 0 aliphatic heterocycles. The number of hydrogen-bond donors (Lipinski definition) is 1. The number of hydrogen-bond acceptors (Lipinski definition) is 3. The van der Waals surface area contributed by atoms with Crippen LogP contribution in [-0.4, -0.2) is 16.7 Å². The van der Waals surface area contributed by atoms with Crippen LogP contribution in [0.15, 0.2) is 47.4 Å². The number of benzene rings is 1. The maximum absolute atomic E-state index is 11.4. The molecule has 4 heteroatoms. The van der Waals surface area contributed by atoms with Crippen LogP contribution in [0.5, 0.6) is 0 Å². The van der Waals surface area contributed by atoms with Crippen molar-refractivity contribution in [2.24, 2.45) is 0 Å². The number of aromatic amines is 1. The molecule has 1 heterocycles. The van der Waals surface area contributed by atoms with Crippen LogP contribution >= 0.6 is 0 Å². The highest BCUT2D eigenvalue weighted by Crippen LogP contribution is 2.23. The second-order valence-electron chi connectivity index (χ2n) is 4.14. The number of rotatable bonds is 5. The zero-order chi connectivity index (χ0) is 12.8. The number of nitrogens with one attached hydrogen (secondary N) is 1. The Labute approximate surface area is 106 Å².